The Morgan fingerprint density at radius 2 is 0.938 bits per heavy atom. The van der Waals surface area contributed by atoms with E-state index in [-0.39, 0.29) is 13.9 Å². The molecule has 0 aliphatic rings. The van der Waals surface area contributed by atoms with Crippen LogP contribution in [0.1, 0.15) is 27.7 Å². The van der Waals surface area contributed by atoms with E-state index in [9.17, 15) is 24.0 Å². The zero-order valence-corrected chi connectivity index (χ0v) is 10.7. The maximum absolute atomic E-state index is 10.6. The zero-order chi connectivity index (χ0) is 13.5. The second kappa shape index (κ2) is 7.91. The number of hydrogen-bond acceptors (Lipinski definition) is 5. The van der Waals surface area contributed by atoms with Gasteiger partial charge in [-0.05, 0) is 20.8 Å². The van der Waals surface area contributed by atoms with Crippen molar-refractivity contribution >= 4 is 39.8 Å². The first-order chi connectivity index (χ1) is 7.11. The molecule has 0 aromatic heterocycles. The number of hydrogen-bond donors (Lipinski definition) is 1. The van der Waals surface area contributed by atoms with Gasteiger partial charge in [0.25, 0.3) is 0 Å². The van der Waals surface area contributed by atoms with Crippen molar-refractivity contribution in [1.29, 1.82) is 0 Å². The van der Waals surface area contributed by atoms with Gasteiger partial charge in [0.15, 0.2) is 0 Å². The zero-order valence-electron chi connectivity index (χ0n) is 9.57. The standard InChI is InChI=1S/C3H4O3.3C2H3O.Al/c1-2(4)3(5)6;3*1-2-3;/h1H3,(H,5,6);3*1H3;. The van der Waals surface area contributed by atoms with Crippen LogP contribution in [0.3, 0.4) is 0 Å². The number of carboxylic acids is 1. The molecule has 0 saturated carbocycles. The van der Waals surface area contributed by atoms with Crippen LogP contribution in [0.15, 0.2) is 0 Å². The van der Waals surface area contributed by atoms with E-state index in [2.05, 4.69) is 0 Å². The van der Waals surface area contributed by atoms with Gasteiger partial charge in [0, 0.05) is 6.92 Å². The molecule has 0 saturated heterocycles. The molecule has 0 aliphatic carbocycles. The molecular formula is C9H13AlO6. The molecule has 0 atom stereocenters. The molecule has 0 radical (unpaired) electrons. The minimum atomic E-state index is -2.37. The highest BCUT2D eigenvalue weighted by Gasteiger charge is 2.35. The third-order valence-corrected chi connectivity index (χ3v) is 3.96. The number of Topliss-reactive ketones (excluding diaryl/α,β-unsaturated/α-hetero) is 1. The smallest absolute Gasteiger partial charge is 0.476 e. The molecule has 0 aromatic carbocycles. The summed E-state index contributed by atoms with van der Waals surface area (Å²) in [6, 6.07) is 0. The molecule has 1 N–H and O–H groups in total. The molecule has 16 heavy (non-hydrogen) atoms. The van der Waals surface area contributed by atoms with E-state index in [1.54, 1.807) is 0 Å². The molecule has 0 aliphatic heterocycles. The highest BCUT2D eigenvalue weighted by molar-refractivity contribution is 7.27. The number of carboxylic acid groups (broad SMARTS) is 1. The summed E-state index contributed by atoms with van der Waals surface area (Å²) in [5.41, 5.74) is 0. The number of carbonyl (C=O) groups excluding carboxylic acids is 4. The predicted octanol–water partition coefficient (Wildman–Crippen LogP) is -0.474. The van der Waals surface area contributed by atoms with E-state index < -0.39 is 25.9 Å². The summed E-state index contributed by atoms with van der Waals surface area (Å²) in [5.74, 6) is -2.20. The van der Waals surface area contributed by atoms with Gasteiger partial charge in [-0.2, -0.15) is 0 Å². The van der Waals surface area contributed by atoms with Gasteiger partial charge < -0.3 is 19.5 Å². The van der Waals surface area contributed by atoms with Crippen LogP contribution in [0.4, 0.5) is 0 Å². The van der Waals surface area contributed by atoms with E-state index in [1.165, 1.54) is 20.8 Å². The second-order valence-electron chi connectivity index (χ2n) is 3.13. The lowest BCUT2D eigenvalue weighted by Crippen LogP contribution is -2.39. The normalized spacial score (nSPS) is 8.25. The third kappa shape index (κ3) is 8.03. The number of rotatable bonds is 4. The van der Waals surface area contributed by atoms with Gasteiger partial charge in [-0.3, -0.25) is 4.79 Å². The summed E-state index contributed by atoms with van der Waals surface area (Å²) in [6.07, 6.45) is 0. The fourth-order valence-corrected chi connectivity index (χ4v) is 2.58. The molecule has 0 heterocycles. The summed E-state index contributed by atoms with van der Waals surface area (Å²) < 4.78 is -0.708. The first-order valence-corrected chi connectivity index (χ1v) is 6.09. The molecule has 0 aromatic rings. The van der Waals surface area contributed by atoms with Gasteiger partial charge in [-0.1, -0.05) is 0 Å². The summed E-state index contributed by atoms with van der Waals surface area (Å²) >= 11 is -2.37. The monoisotopic (exact) mass is 244 g/mol. The molecule has 7 heteroatoms. The largest absolute Gasteiger partial charge is 0.546 e. The van der Waals surface area contributed by atoms with Gasteiger partial charge in [-0.15, -0.1) is 0 Å². The Balaban J connectivity index is 0. The average Bonchev–Trinajstić information content (AvgIpc) is 2.01. The van der Waals surface area contributed by atoms with Crippen LogP contribution in [0.25, 0.3) is 0 Å². The van der Waals surface area contributed by atoms with Gasteiger partial charge in [0.05, 0.1) is 13.9 Å². The van der Waals surface area contributed by atoms with Crippen molar-refractivity contribution in [2.75, 3.05) is 0 Å². The summed E-state index contributed by atoms with van der Waals surface area (Å²) in [4.78, 5) is 50.8. The van der Waals surface area contributed by atoms with Crippen LogP contribution >= 0.6 is 0 Å². The Bertz CT molecular complexity index is 288. The van der Waals surface area contributed by atoms with Crippen LogP contribution in [0.2, 0.25) is 0 Å². The molecule has 0 amide bonds. The molecule has 0 spiro atoms. The van der Waals surface area contributed by atoms with Crippen molar-refractivity contribution in [1.82, 2.24) is 0 Å². The highest BCUT2D eigenvalue weighted by atomic mass is 27.2. The van der Waals surface area contributed by atoms with Crippen molar-refractivity contribution in [2.45, 2.75) is 27.7 Å². The number of carbonyl (C=O) groups is 5. The maximum atomic E-state index is 10.6. The molecule has 0 fully saturated rings. The molecule has 0 rings (SSSR count). The summed E-state index contributed by atoms with van der Waals surface area (Å²) in [5, 5.41) is 7.64. The van der Waals surface area contributed by atoms with Crippen LogP contribution in [0, 0.1) is 0 Å². The number of aliphatic carboxylic acids is 1. The summed E-state index contributed by atoms with van der Waals surface area (Å²) in [6.45, 7) is 4.92. The fourth-order valence-electron chi connectivity index (χ4n) is 0.859. The minimum absolute atomic E-state index is 0.236. The molecule has 88 valence electrons. The molecular weight excluding hydrogens is 231 g/mol. The Kier molecular flexibility index (Phi) is 8.45. The van der Waals surface area contributed by atoms with Crippen LogP contribution < -0.4 is 0 Å². The van der Waals surface area contributed by atoms with Crippen molar-refractivity contribution in [3.8, 4) is 0 Å². The van der Waals surface area contributed by atoms with Crippen LogP contribution in [-0.4, -0.2) is 44.9 Å². The lowest BCUT2D eigenvalue weighted by atomic mass is 10.5. The highest BCUT2D eigenvalue weighted by Crippen LogP contribution is 1.88. The molecule has 0 bridgehead atoms. The quantitative estimate of drug-likeness (QED) is 0.529. The van der Waals surface area contributed by atoms with Crippen LogP contribution in [-0.2, 0) is 24.0 Å². The van der Waals surface area contributed by atoms with Gasteiger partial charge in [0.1, 0.15) is 0 Å². The maximum Gasteiger partial charge on any atom is 0.546 e. The Morgan fingerprint density at radius 1 is 0.750 bits per heavy atom. The van der Waals surface area contributed by atoms with Crippen molar-refractivity contribution in [3.05, 3.63) is 0 Å². The van der Waals surface area contributed by atoms with Gasteiger partial charge in [0.2, 0.25) is 5.78 Å². The van der Waals surface area contributed by atoms with Crippen LogP contribution in [0.5, 0.6) is 0 Å². The second-order valence-corrected chi connectivity index (χ2v) is 6.43. The Labute approximate surface area is 97.0 Å². The Hall–Kier alpha value is -1.32. The average molecular weight is 244 g/mol. The van der Waals surface area contributed by atoms with Crippen molar-refractivity contribution in [3.63, 3.8) is 0 Å². The first-order valence-electron chi connectivity index (χ1n) is 4.36. The predicted molar refractivity (Wildman–Crippen MR) is 56.1 cm³/mol. The van der Waals surface area contributed by atoms with Gasteiger partial charge >= 0.3 is 20.1 Å². The van der Waals surface area contributed by atoms with E-state index >= 15 is 0 Å². The van der Waals surface area contributed by atoms with Gasteiger partial charge in [-0.25, -0.2) is 4.79 Å². The molecule has 0 unspecified atom stereocenters. The first kappa shape index (κ1) is 17.1. The Morgan fingerprint density at radius 3 is 0.938 bits per heavy atom. The SMILES string of the molecule is CC(=O)C(=O)O.C[C](=O)[Al]([C](C)=O)[C](C)=O. The third-order valence-electron chi connectivity index (χ3n) is 1.52. The fraction of sp³-hybridized carbons (Fsp3) is 0.444. The van der Waals surface area contributed by atoms with E-state index in [0.29, 0.717) is 0 Å². The van der Waals surface area contributed by atoms with Crippen molar-refractivity contribution < 1.29 is 29.1 Å². The van der Waals surface area contributed by atoms with E-state index in [1.807, 2.05) is 0 Å². The lowest BCUT2D eigenvalue weighted by molar-refractivity contribution is -0.148. The molecule has 6 nitrogen and oxygen atoms in total. The summed E-state index contributed by atoms with van der Waals surface area (Å²) in [7, 11) is 0. The number of ketones is 1. The topological polar surface area (TPSA) is 106 Å². The van der Waals surface area contributed by atoms with Crippen molar-refractivity contribution in [2.24, 2.45) is 0 Å². The van der Waals surface area contributed by atoms with E-state index in [4.69, 9.17) is 5.11 Å². The van der Waals surface area contributed by atoms with E-state index in [0.717, 1.165) is 6.92 Å². The minimum Gasteiger partial charge on any atom is -0.476 e. The lowest BCUT2D eigenvalue weighted by Gasteiger charge is -1.95.